The second kappa shape index (κ2) is 4.86. The highest BCUT2D eigenvalue weighted by molar-refractivity contribution is 9.09. The van der Waals surface area contributed by atoms with Gasteiger partial charge in [0, 0.05) is 22.8 Å². The summed E-state index contributed by atoms with van der Waals surface area (Å²) in [6.45, 7) is 9.18. The van der Waals surface area contributed by atoms with Crippen molar-refractivity contribution in [1.82, 2.24) is 4.90 Å². The van der Waals surface area contributed by atoms with Gasteiger partial charge in [0.05, 0.1) is 0 Å². The first kappa shape index (κ1) is 13.0. The number of carbonyl (C=O) groups excluding carboxylic acids is 1. The Morgan fingerprint density at radius 3 is 2.60 bits per heavy atom. The molecular formula is C12H22BrNO. The second-order valence-corrected chi connectivity index (χ2v) is 6.51. The minimum atomic E-state index is -0.210. The van der Waals surface area contributed by atoms with Crippen LogP contribution in [0.4, 0.5) is 0 Å². The number of amides is 1. The van der Waals surface area contributed by atoms with Crippen LogP contribution in [0.15, 0.2) is 0 Å². The summed E-state index contributed by atoms with van der Waals surface area (Å²) in [4.78, 5) is 14.8. The molecule has 1 amide bonds. The lowest BCUT2D eigenvalue weighted by molar-refractivity contribution is -0.143. The summed E-state index contributed by atoms with van der Waals surface area (Å²) in [6, 6.07) is 0.400. The van der Waals surface area contributed by atoms with Crippen LogP contribution >= 0.6 is 15.9 Å². The van der Waals surface area contributed by atoms with Crippen LogP contribution in [-0.2, 0) is 4.79 Å². The van der Waals surface area contributed by atoms with Gasteiger partial charge >= 0.3 is 0 Å². The summed E-state index contributed by atoms with van der Waals surface area (Å²) in [5, 5.41) is 0. The monoisotopic (exact) mass is 275 g/mol. The standard InChI is InChI=1S/C12H22BrNO/c1-5-12(3,4)11(15)14-8-10(13)7-6-9(14)2/h9-10H,5-8H2,1-4H3. The number of halogens is 1. The molecule has 0 aromatic heterocycles. The Labute approximate surface area is 102 Å². The predicted octanol–water partition coefficient (Wildman–Crippen LogP) is 3.20. The molecule has 0 radical (unpaired) electrons. The fourth-order valence-electron chi connectivity index (χ4n) is 1.89. The van der Waals surface area contributed by atoms with Crippen molar-refractivity contribution in [2.75, 3.05) is 6.54 Å². The molecule has 2 atom stereocenters. The lowest BCUT2D eigenvalue weighted by atomic mass is 9.87. The molecule has 0 aliphatic carbocycles. The van der Waals surface area contributed by atoms with Gasteiger partial charge in [-0.15, -0.1) is 0 Å². The largest absolute Gasteiger partial charge is 0.338 e. The van der Waals surface area contributed by atoms with E-state index in [1.807, 2.05) is 18.7 Å². The van der Waals surface area contributed by atoms with E-state index in [1.165, 1.54) is 6.42 Å². The van der Waals surface area contributed by atoms with E-state index in [4.69, 9.17) is 0 Å². The minimum absolute atomic E-state index is 0.210. The van der Waals surface area contributed by atoms with E-state index in [2.05, 4.69) is 29.8 Å². The minimum Gasteiger partial charge on any atom is -0.338 e. The molecule has 1 fully saturated rings. The van der Waals surface area contributed by atoms with Gasteiger partial charge in [-0.2, -0.15) is 0 Å². The quantitative estimate of drug-likeness (QED) is 0.709. The summed E-state index contributed by atoms with van der Waals surface area (Å²) in [6.07, 6.45) is 3.20. The van der Waals surface area contributed by atoms with Crippen LogP contribution in [0.2, 0.25) is 0 Å². The van der Waals surface area contributed by atoms with E-state index in [0.717, 1.165) is 19.4 Å². The summed E-state index contributed by atoms with van der Waals surface area (Å²) < 4.78 is 0. The van der Waals surface area contributed by atoms with Crippen molar-refractivity contribution in [1.29, 1.82) is 0 Å². The molecule has 0 aromatic rings. The highest BCUT2D eigenvalue weighted by Crippen LogP contribution is 2.29. The van der Waals surface area contributed by atoms with E-state index >= 15 is 0 Å². The average molecular weight is 276 g/mol. The van der Waals surface area contributed by atoms with E-state index in [-0.39, 0.29) is 5.41 Å². The summed E-state index contributed by atoms with van der Waals surface area (Å²) >= 11 is 3.62. The van der Waals surface area contributed by atoms with Gasteiger partial charge in [-0.1, -0.05) is 36.7 Å². The molecule has 1 rings (SSSR count). The van der Waals surface area contributed by atoms with Gasteiger partial charge in [0.25, 0.3) is 0 Å². The Balaban J connectivity index is 2.73. The zero-order valence-electron chi connectivity index (χ0n) is 10.2. The molecule has 15 heavy (non-hydrogen) atoms. The number of hydrogen-bond acceptors (Lipinski definition) is 1. The Kier molecular flexibility index (Phi) is 4.21. The molecule has 1 heterocycles. The Morgan fingerprint density at radius 2 is 2.07 bits per heavy atom. The maximum atomic E-state index is 12.3. The molecular weight excluding hydrogens is 254 g/mol. The SMILES string of the molecule is CCC(C)(C)C(=O)N1CC(Br)CCC1C. The predicted molar refractivity (Wildman–Crippen MR) is 67.2 cm³/mol. The summed E-state index contributed by atoms with van der Waals surface area (Å²) in [5.41, 5.74) is -0.210. The Bertz CT molecular complexity index is 240. The normalized spacial score (nSPS) is 27.9. The highest BCUT2D eigenvalue weighted by atomic mass is 79.9. The molecule has 0 N–H and O–H groups in total. The van der Waals surface area contributed by atoms with Crippen molar-refractivity contribution >= 4 is 21.8 Å². The number of rotatable bonds is 2. The van der Waals surface area contributed by atoms with E-state index in [9.17, 15) is 4.79 Å². The maximum absolute atomic E-state index is 12.3. The van der Waals surface area contributed by atoms with Crippen molar-refractivity contribution in [3.63, 3.8) is 0 Å². The molecule has 0 spiro atoms. The van der Waals surface area contributed by atoms with Crippen LogP contribution in [0.5, 0.6) is 0 Å². The maximum Gasteiger partial charge on any atom is 0.228 e. The topological polar surface area (TPSA) is 20.3 Å². The lowest BCUT2D eigenvalue weighted by Gasteiger charge is -2.40. The van der Waals surface area contributed by atoms with Crippen LogP contribution < -0.4 is 0 Å². The zero-order valence-corrected chi connectivity index (χ0v) is 11.8. The van der Waals surface area contributed by atoms with E-state index in [0.29, 0.717) is 16.8 Å². The van der Waals surface area contributed by atoms with Crippen molar-refractivity contribution < 1.29 is 4.79 Å². The number of piperidine rings is 1. The molecule has 0 saturated carbocycles. The fourth-order valence-corrected chi connectivity index (χ4v) is 2.46. The second-order valence-electron chi connectivity index (χ2n) is 5.22. The molecule has 1 aliphatic heterocycles. The summed E-state index contributed by atoms with van der Waals surface area (Å²) in [7, 11) is 0. The van der Waals surface area contributed by atoms with Crippen LogP contribution in [0.3, 0.4) is 0 Å². The lowest BCUT2D eigenvalue weighted by Crippen LogP contribution is -2.50. The van der Waals surface area contributed by atoms with Gasteiger partial charge in [0.1, 0.15) is 0 Å². The number of nitrogens with zero attached hydrogens (tertiary/aromatic N) is 1. The van der Waals surface area contributed by atoms with Crippen molar-refractivity contribution in [2.24, 2.45) is 5.41 Å². The molecule has 1 aliphatic rings. The van der Waals surface area contributed by atoms with Crippen molar-refractivity contribution in [3.8, 4) is 0 Å². The fraction of sp³-hybridized carbons (Fsp3) is 0.917. The third-order valence-electron chi connectivity index (χ3n) is 3.55. The van der Waals surface area contributed by atoms with Gasteiger partial charge in [0.2, 0.25) is 5.91 Å². The highest BCUT2D eigenvalue weighted by Gasteiger charge is 2.35. The first-order valence-corrected chi connectivity index (χ1v) is 6.75. The molecule has 2 nitrogen and oxygen atoms in total. The smallest absolute Gasteiger partial charge is 0.228 e. The van der Waals surface area contributed by atoms with Gasteiger partial charge in [-0.25, -0.2) is 0 Å². The molecule has 1 saturated heterocycles. The van der Waals surface area contributed by atoms with Crippen LogP contribution in [0.1, 0.15) is 47.0 Å². The average Bonchev–Trinajstić information content (AvgIpc) is 2.20. The summed E-state index contributed by atoms with van der Waals surface area (Å²) in [5.74, 6) is 0.307. The zero-order chi connectivity index (χ0) is 11.6. The first-order valence-electron chi connectivity index (χ1n) is 5.83. The number of carbonyl (C=O) groups is 1. The molecule has 0 bridgehead atoms. The van der Waals surface area contributed by atoms with Crippen molar-refractivity contribution in [3.05, 3.63) is 0 Å². The van der Waals surface area contributed by atoms with Gasteiger partial charge in [-0.05, 0) is 26.2 Å². The van der Waals surface area contributed by atoms with E-state index in [1.54, 1.807) is 0 Å². The molecule has 2 unspecified atom stereocenters. The molecule has 88 valence electrons. The Morgan fingerprint density at radius 1 is 1.47 bits per heavy atom. The molecule has 0 aromatic carbocycles. The van der Waals surface area contributed by atoms with Crippen LogP contribution in [-0.4, -0.2) is 28.2 Å². The first-order chi connectivity index (χ1) is 6.88. The van der Waals surface area contributed by atoms with Crippen LogP contribution in [0.25, 0.3) is 0 Å². The third kappa shape index (κ3) is 2.96. The van der Waals surface area contributed by atoms with Crippen molar-refractivity contribution in [2.45, 2.75) is 57.8 Å². The number of alkyl halides is 1. The van der Waals surface area contributed by atoms with E-state index < -0.39 is 0 Å². The number of hydrogen-bond donors (Lipinski definition) is 0. The van der Waals surface area contributed by atoms with Gasteiger partial charge in [0.15, 0.2) is 0 Å². The van der Waals surface area contributed by atoms with Gasteiger partial charge in [-0.3, -0.25) is 4.79 Å². The van der Waals surface area contributed by atoms with Crippen LogP contribution in [0, 0.1) is 5.41 Å². The number of likely N-dealkylation sites (tertiary alicyclic amines) is 1. The molecule has 3 heteroatoms. The Hall–Kier alpha value is -0.0500. The van der Waals surface area contributed by atoms with Gasteiger partial charge < -0.3 is 4.90 Å². The third-order valence-corrected chi connectivity index (χ3v) is 4.30.